The minimum absolute atomic E-state index is 0.107. The minimum Gasteiger partial charge on any atom is -0.443 e. The van der Waals surface area contributed by atoms with Crippen molar-refractivity contribution in [2.24, 2.45) is 0 Å². The number of nitrogens with zero attached hydrogens (tertiary/aromatic N) is 2. The Hall–Kier alpha value is -1.91. The summed E-state index contributed by atoms with van der Waals surface area (Å²) in [6.07, 6.45) is 1.72. The molecular formula is C16H20F2N2O. The topological polar surface area (TPSA) is 29.3 Å². The van der Waals surface area contributed by atoms with Crippen LogP contribution in [0.2, 0.25) is 0 Å². The molecule has 2 rings (SSSR count). The van der Waals surface area contributed by atoms with Crippen molar-refractivity contribution in [3.63, 3.8) is 0 Å². The predicted octanol–water partition coefficient (Wildman–Crippen LogP) is 4.28. The highest BCUT2D eigenvalue weighted by molar-refractivity contribution is 5.46. The van der Waals surface area contributed by atoms with Crippen LogP contribution in [-0.2, 0) is 12.0 Å². The van der Waals surface area contributed by atoms with Crippen LogP contribution >= 0.6 is 0 Å². The number of halogens is 2. The molecule has 2 aromatic rings. The number of rotatable bonds is 4. The fraction of sp³-hybridized carbons (Fsp3) is 0.438. The van der Waals surface area contributed by atoms with E-state index in [0.29, 0.717) is 24.7 Å². The summed E-state index contributed by atoms with van der Waals surface area (Å²) in [4.78, 5) is 6.14. The third kappa shape index (κ3) is 3.60. The van der Waals surface area contributed by atoms with Gasteiger partial charge in [-0.1, -0.05) is 20.8 Å². The van der Waals surface area contributed by atoms with Gasteiger partial charge in [-0.25, -0.2) is 13.8 Å². The third-order valence-electron chi connectivity index (χ3n) is 3.27. The summed E-state index contributed by atoms with van der Waals surface area (Å²) in [6, 6.07) is 3.87. The van der Waals surface area contributed by atoms with Crippen molar-refractivity contribution >= 4 is 5.69 Å². The first-order valence-electron chi connectivity index (χ1n) is 6.96. The molecule has 114 valence electrons. The second kappa shape index (κ2) is 5.84. The number of hydrogen-bond donors (Lipinski definition) is 0. The Kier molecular flexibility index (Phi) is 4.30. The Balaban J connectivity index is 2.19. The maximum atomic E-state index is 13.3. The van der Waals surface area contributed by atoms with Crippen molar-refractivity contribution in [3.05, 3.63) is 47.7 Å². The maximum Gasteiger partial charge on any atom is 0.213 e. The van der Waals surface area contributed by atoms with Crippen LogP contribution in [0.3, 0.4) is 0 Å². The molecule has 0 amide bonds. The summed E-state index contributed by atoms with van der Waals surface area (Å²) in [5.74, 6) is -0.333. The number of anilines is 1. The van der Waals surface area contributed by atoms with Crippen LogP contribution in [0.1, 0.15) is 39.3 Å². The van der Waals surface area contributed by atoms with E-state index < -0.39 is 11.6 Å². The quantitative estimate of drug-likeness (QED) is 0.843. The molecule has 0 atom stereocenters. The molecule has 0 aliphatic carbocycles. The maximum absolute atomic E-state index is 13.3. The zero-order valence-corrected chi connectivity index (χ0v) is 12.8. The van der Waals surface area contributed by atoms with Gasteiger partial charge in [0.25, 0.3) is 0 Å². The summed E-state index contributed by atoms with van der Waals surface area (Å²) < 4.78 is 32.1. The highest BCUT2D eigenvalue weighted by atomic mass is 19.2. The van der Waals surface area contributed by atoms with Gasteiger partial charge >= 0.3 is 0 Å². The van der Waals surface area contributed by atoms with Crippen molar-refractivity contribution in [2.75, 3.05) is 11.4 Å². The Morgan fingerprint density at radius 3 is 2.43 bits per heavy atom. The minimum atomic E-state index is -0.853. The largest absolute Gasteiger partial charge is 0.443 e. The van der Waals surface area contributed by atoms with E-state index in [-0.39, 0.29) is 5.41 Å². The number of oxazole rings is 1. The lowest BCUT2D eigenvalue weighted by molar-refractivity contribution is 0.380. The first-order chi connectivity index (χ1) is 9.81. The molecule has 1 heterocycles. The van der Waals surface area contributed by atoms with Gasteiger partial charge in [0.2, 0.25) is 5.89 Å². The lowest BCUT2D eigenvalue weighted by Crippen LogP contribution is -2.22. The SMILES string of the molecule is CCN(Cc1ncc(C(C)(C)C)o1)c1ccc(F)c(F)c1. The van der Waals surface area contributed by atoms with Crippen LogP contribution in [0.15, 0.2) is 28.8 Å². The molecule has 0 spiro atoms. The van der Waals surface area contributed by atoms with Gasteiger partial charge in [-0.2, -0.15) is 0 Å². The number of aromatic nitrogens is 1. The predicted molar refractivity (Wildman–Crippen MR) is 78.3 cm³/mol. The van der Waals surface area contributed by atoms with Crippen molar-refractivity contribution in [1.82, 2.24) is 4.98 Å². The van der Waals surface area contributed by atoms with Crippen LogP contribution in [0, 0.1) is 11.6 Å². The summed E-state index contributed by atoms with van der Waals surface area (Å²) >= 11 is 0. The van der Waals surface area contributed by atoms with Crippen LogP contribution < -0.4 is 4.90 Å². The average Bonchev–Trinajstić information content (AvgIpc) is 2.88. The molecular weight excluding hydrogens is 274 g/mol. The van der Waals surface area contributed by atoms with E-state index in [0.717, 1.165) is 11.8 Å². The third-order valence-corrected chi connectivity index (χ3v) is 3.27. The highest BCUT2D eigenvalue weighted by Crippen LogP contribution is 2.24. The lowest BCUT2D eigenvalue weighted by atomic mass is 9.94. The second-order valence-electron chi connectivity index (χ2n) is 5.98. The first kappa shape index (κ1) is 15.5. The van der Waals surface area contributed by atoms with Gasteiger partial charge in [0.05, 0.1) is 12.7 Å². The summed E-state index contributed by atoms with van der Waals surface area (Å²) in [5, 5.41) is 0. The monoisotopic (exact) mass is 294 g/mol. The van der Waals surface area contributed by atoms with Gasteiger partial charge in [0, 0.05) is 23.7 Å². The molecule has 21 heavy (non-hydrogen) atoms. The number of benzene rings is 1. The molecule has 0 fully saturated rings. The van der Waals surface area contributed by atoms with E-state index in [1.165, 1.54) is 6.07 Å². The van der Waals surface area contributed by atoms with Crippen molar-refractivity contribution < 1.29 is 13.2 Å². The van der Waals surface area contributed by atoms with Gasteiger partial charge in [-0.15, -0.1) is 0 Å². The van der Waals surface area contributed by atoms with E-state index in [1.54, 1.807) is 12.3 Å². The molecule has 1 aromatic heterocycles. The van der Waals surface area contributed by atoms with E-state index in [2.05, 4.69) is 4.98 Å². The Labute approximate surface area is 123 Å². The number of hydrogen-bond acceptors (Lipinski definition) is 3. The van der Waals surface area contributed by atoms with Crippen LogP contribution in [0.4, 0.5) is 14.5 Å². The molecule has 0 unspecified atom stereocenters. The van der Waals surface area contributed by atoms with Crippen molar-refractivity contribution in [2.45, 2.75) is 39.7 Å². The molecule has 0 bridgehead atoms. The molecule has 1 aromatic carbocycles. The van der Waals surface area contributed by atoms with Crippen molar-refractivity contribution in [1.29, 1.82) is 0 Å². The molecule has 0 saturated heterocycles. The Bertz CT molecular complexity index is 617. The van der Waals surface area contributed by atoms with Gasteiger partial charge < -0.3 is 9.32 Å². The molecule has 5 heteroatoms. The van der Waals surface area contributed by atoms with E-state index >= 15 is 0 Å². The molecule has 0 aliphatic heterocycles. The van der Waals surface area contributed by atoms with Gasteiger partial charge in [-0.05, 0) is 19.1 Å². The molecule has 0 N–H and O–H groups in total. The normalized spacial score (nSPS) is 11.7. The summed E-state index contributed by atoms with van der Waals surface area (Å²) in [7, 11) is 0. The summed E-state index contributed by atoms with van der Waals surface area (Å²) in [6.45, 7) is 9.13. The van der Waals surface area contributed by atoms with Gasteiger partial charge in [0.1, 0.15) is 5.76 Å². The van der Waals surface area contributed by atoms with Crippen LogP contribution in [-0.4, -0.2) is 11.5 Å². The standard InChI is InChI=1S/C16H20F2N2O/c1-5-20(11-6-7-12(17)13(18)8-11)10-15-19-9-14(21-15)16(2,3)4/h6-9H,5,10H2,1-4H3. The van der Waals surface area contributed by atoms with Gasteiger partial charge in [0.15, 0.2) is 11.6 Å². The van der Waals surface area contributed by atoms with E-state index in [4.69, 9.17) is 4.42 Å². The Morgan fingerprint density at radius 2 is 1.90 bits per heavy atom. The molecule has 0 radical (unpaired) electrons. The van der Waals surface area contributed by atoms with E-state index in [1.807, 2.05) is 32.6 Å². The van der Waals surface area contributed by atoms with Crippen molar-refractivity contribution in [3.8, 4) is 0 Å². The smallest absolute Gasteiger partial charge is 0.213 e. The fourth-order valence-electron chi connectivity index (χ4n) is 1.96. The van der Waals surface area contributed by atoms with E-state index in [9.17, 15) is 8.78 Å². The van der Waals surface area contributed by atoms with Crippen LogP contribution in [0.25, 0.3) is 0 Å². The zero-order valence-electron chi connectivity index (χ0n) is 12.8. The molecule has 0 saturated carbocycles. The summed E-state index contributed by atoms with van der Waals surface area (Å²) in [5.41, 5.74) is 0.497. The molecule has 3 nitrogen and oxygen atoms in total. The lowest BCUT2D eigenvalue weighted by Gasteiger charge is -2.21. The van der Waals surface area contributed by atoms with Crippen LogP contribution in [0.5, 0.6) is 0 Å². The first-order valence-corrected chi connectivity index (χ1v) is 6.96. The second-order valence-corrected chi connectivity index (χ2v) is 5.98. The fourth-order valence-corrected chi connectivity index (χ4v) is 1.96. The molecule has 0 aliphatic rings. The highest BCUT2D eigenvalue weighted by Gasteiger charge is 2.20. The average molecular weight is 294 g/mol. The zero-order chi connectivity index (χ0) is 15.6. The van der Waals surface area contributed by atoms with Gasteiger partial charge in [-0.3, -0.25) is 0 Å². The Morgan fingerprint density at radius 1 is 1.19 bits per heavy atom.